The average Bonchev–Trinajstić information content (AvgIpc) is 2.04. The van der Waals surface area contributed by atoms with Crippen molar-refractivity contribution in [3.63, 3.8) is 0 Å². The van der Waals surface area contributed by atoms with Crippen LogP contribution in [0.5, 0.6) is 0 Å². The Morgan fingerprint density at radius 1 is 1.54 bits per heavy atom. The number of carboxylic acid groups (broad SMARTS) is 1. The van der Waals surface area contributed by atoms with Crippen LogP contribution < -0.4 is 5.32 Å². The van der Waals surface area contributed by atoms with Crippen LogP contribution in [0, 0.1) is 0 Å². The van der Waals surface area contributed by atoms with Gasteiger partial charge in [-0.1, -0.05) is 6.08 Å². The molecule has 0 radical (unpaired) electrons. The average molecular weight is 187 g/mol. The lowest BCUT2D eigenvalue weighted by atomic mass is 10.2. The molecule has 13 heavy (non-hydrogen) atoms. The number of carboxylic acids is 1. The molecule has 0 aliphatic carbocycles. The van der Waals surface area contributed by atoms with Gasteiger partial charge in [-0.3, -0.25) is 4.79 Å². The van der Waals surface area contributed by atoms with Crippen LogP contribution in [0.1, 0.15) is 13.3 Å². The molecule has 1 unspecified atom stereocenters. The van der Waals surface area contributed by atoms with Crippen molar-refractivity contribution in [1.82, 2.24) is 5.32 Å². The van der Waals surface area contributed by atoms with Crippen molar-refractivity contribution in [2.24, 2.45) is 0 Å². The second-order valence-corrected chi connectivity index (χ2v) is 2.43. The van der Waals surface area contributed by atoms with Gasteiger partial charge >= 0.3 is 5.97 Å². The molecule has 0 aromatic rings. The summed E-state index contributed by atoms with van der Waals surface area (Å²) in [7, 11) is 0. The summed E-state index contributed by atoms with van der Waals surface area (Å²) in [5.74, 6) is -1.57. The minimum absolute atomic E-state index is 0.0125. The smallest absolute Gasteiger partial charge is 0.332 e. The quantitative estimate of drug-likeness (QED) is 0.507. The SMILES string of the molecule is C/C=C/C(=O)NCCC(O)C(=O)O. The van der Waals surface area contributed by atoms with E-state index in [9.17, 15) is 9.59 Å². The first-order valence-electron chi connectivity index (χ1n) is 3.89. The van der Waals surface area contributed by atoms with E-state index in [0.717, 1.165) is 0 Å². The lowest BCUT2D eigenvalue weighted by Crippen LogP contribution is -2.28. The normalized spacial score (nSPS) is 12.8. The zero-order valence-corrected chi connectivity index (χ0v) is 7.36. The Labute approximate surface area is 76.1 Å². The van der Waals surface area contributed by atoms with Gasteiger partial charge in [-0.05, 0) is 13.0 Å². The van der Waals surface area contributed by atoms with E-state index in [-0.39, 0.29) is 18.9 Å². The second kappa shape index (κ2) is 6.19. The fourth-order valence-corrected chi connectivity index (χ4v) is 0.666. The Morgan fingerprint density at radius 3 is 2.62 bits per heavy atom. The zero-order valence-electron chi connectivity index (χ0n) is 7.36. The number of rotatable bonds is 5. The Bertz CT molecular complexity index is 212. The van der Waals surface area contributed by atoms with Crippen molar-refractivity contribution >= 4 is 11.9 Å². The van der Waals surface area contributed by atoms with Gasteiger partial charge < -0.3 is 15.5 Å². The molecule has 74 valence electrons. The molecule has 0 aromatic carbocycles. The lowest BCUT2D eigenvalue weighted by molar-refractivity contribution is -0.147. The highest BCUT2D eigenvalue weighted by atomic mass is 16.4. The third-order valence-corrected chi connectivity index (χ3v) is 1.32. The third-order valence-electron chi connectivity index (χ3n) is 1.32. The first-order valence-corrected chi connectivity index (χ1v) is 3.89. The van der Waals surface area contributed by atoms with Crippen LogP contribution in [0.2, 0.25) is 0 Å². The molecule has 3 N–H and O–H groups in total. The molecule has 0 aliphatic heterocycles. The van der Waals surface area contributed by atoms with Gasteiger partial charge in [0.1, 0.15) is 0 Å². The fraction of sp³-hybridized carbons (Fsp3) is 0.500. The van der Waals surface area contributed by atoms with E-state index < -0.39 is 12.1 Å². The van der Waals surface area contributed by atoms with Gasteiger partial charge in [-0.2, -0.15) is 0 Å². The number of aliphatic hydroxyl groups excluding tert-OH is 1. The van der Waals surface area contributed by atoms with Gasteiger partial charge in [-0.15, -0.1) is 0 Å². The molecular weight excluding hydrogens is 174 g/mol. The van der Waals surface area contributed by atoms with Crippen LogP contribution in [0.15, 0.2) is 12.2 Å². The first-order chi connectivity index (χ1) is 6.07. The van der Waals surface area contributed by atoms with Crippen molar-refractivity contribution in [1.29, 1.82) is 0 Å². The van der Waals surface area contributed by atoms with Gasteiger partial charge in [0.05, 0.1) is 0 Å². The van der Waals surface area contributed by atoms with Gasteiger partial charge in [0.2, 0.25) is 5.91 Å². The van der Waals surface area contributed by atoms with Crippen LogP contribution >= 0.6 is 0 Å². The van der Waals surface area contributed by atoms with Crippen molar-refractivity contribution in [2.45, 2.75) is 19.4 Å². The number of carbonyl (C=O) groups is 2. The molecule has 0 bridgehead atoms. The standard InChI is InChI=1S/C8H13NO4/c1-2-3-7(11)9-5-4-6(10)8(12)13/h2-3,6,10H,4-5H2,1H3,(H,9,11)(H,12,13)/b3-2+. The highest BCUT2D eigenvalue weighted by Crippen LogP contribution is 1.89. The molecule has 1 amide bonds. The van der Waals surface area contributed by atoms with Crippen LogP contribution in [-0.4, -0.2) is 34.7 Å². The molecule has 0 aromatic heterocycles. The predicted molar refractivity (Wildman–Crippen MR) is 46.1 cm³/mol. The van der Waals surface area contributed by atoms with Gasteiger partial charge in [0, 0.05) is 13.0 Å². The summed E-state index contributed by atoms with van der Waals surface area (Å²) in [6, 6.07) is 0. The largest absolute Gasteiger partial charge is 0.479 e. The van der Waals surface area contributed by atoms with E-state index in [1.807, 2.05) is 0 Å². The van der Waals surface area contributed by atoms with E-state index in [1.165, 1.54) is 6.08 Å². The van der Waals surface area contributed by atoms with Gasteiger partial charge in [0.15, 0.2) is 6.10 Å². The van der Waals surface area contributed by atoms with Crippen LogP contribution in [-0.2, 0) is 9.59 Å². The minimum atomic E-state index is -1.41. The number of nitrogens with one attached hydrogen (secondary N) is 1. The number of aliphatic hydroxyl groups is 1. The Balaban J connectivity index is 3.56. The number of allylic oxidation sites excluding steroid dienone is 1. The molecule has 1 atom stereocenters. The molecule has 5 heteroatoms. The van der Waals surface area contributed by atoms with Crippen molar-refractivity contribution < 1.29 is 19.8 Å². The summed E-state index contributed by atoms with van der Waals surface area (Å²) in [6.07, 6.45) is 1.50. The van der Waals surface area contributed by atoms with E-state index >= 15 is 0 Å². The molecule has 0 heterocycles. The van der Waals surface area contributed by atoms with Crippen molar-refractivity contribution in [3.8, 4) is 0 Å². The molecule has 0 fully saturated rings. The maximum Gasteiger partial charge on any atom is 0.332 e. The molecule has 0 saturated carbocycles. The molecular formula is C8H13NO4. The van der Waals surface area contributed by atoms with E-state index in [2.05, 4.69) is 5.32 Å². The highest BCUT2D eigenvalue weighted by Gasteiger charge is 2.11. The molecule has 5 nitrogen and oxygen atoms in total. The molecule has 0 rings (SSSR count). The second-order valence-electron chi connectivity index (χ2n) is 2.43. The summed E-state index contributed by atoms with van der Waals surface area (Å²) in [5, 5.41) is 19.5. The van der Waals surface area contributed by atoms with Crippen LogP contribution in [0.3, 0.4) is 0 Å². The number of aliphatic carboxylic acids is 1. The summed E-state index contributed by atoms with van der Waals surface area (Å²) >= 11 is 0. The lowest BCUT2D eigenvalue weighted by Gasteiger charge is -2.04. The monoisotopic (exact) mass is 187 g/mol. The number of hydrogen-bond acceptors (Lipinski definition) is 3. The maximum absolute atomic E-state index is 10.8. The van der Waals surface area contributed by atoms with Crippen molar-refractivity contribution in [3.05, 3.63) is 12.2 Å². The Hall–Kier alpha value is -1.36. The van der Waals surface area contributed by atoms with Crippen molar-refractivity contribution in [2.75, 3.05) is 6.54 Å². The Morgan fingerprint density at radius 2 is 2.15 bits per heavy atom. The van der Waals surface area contributed by atoms with E-state index in [0.29, 0.717) is 0 Å². The predicted octanol–water partition coefficient (Wildman–Crippen LogP) is -0.486. The molecule has 0 spiro atoms. The summed E-state index contributed by atoms with van der Waals surface area (Å²) in [6.45, 7) is 1.85. The number of carbonyl (C=O) groups excluding carboxylic acids is 1. The van der Waals surface area contributed by atoms with E-state index in [4.69, 9.17) is 10.2 Å². The summed E-state index contributed by atoms with van der Waals surface area (Å²) in [4.78, 5) is 20.9. The summed E-state index contributed by atoms with van der Waals surface area (Å²) < 4.78 is 0. The summed E-state index contributed by atoms with van der Waals surface area (Å²) in [5.41, 5.74) is 0. The molecule has 0 saturated heterocycles. The van der Waals surface area contributed by atoms with E-state index in [1.54, 1.807) is 13.0 Å². The number of hydrogen-bond donors (Lipinski definition) is 3. The fourth-order valence-electron chi connectivity index (χ4n) is 0.666. The third kappa shape index (κ3) is 5.86. The van der Waals surface area contributed by atoms with Gasteiger partial charge in [0.25, 0.3) is 0 Å². The molecule has 0 aliphatic rings. The number of amides is 1. The first kappa shape index (κ1) is 11.6. The highest BCUT2D eigenvalue weighted by molar-refractivity contribution is 5.87. The van der Waals surface area contributed by atoms with Crippen LogP contribution in [0.4, 0.5) is 0 Å². The maximum atomic E-state index is 10.8. The Kier molecular flexibility index (Phi) is 5.54. The van der Waals surface area contributed by atoms with Gasteiger partial charge in [-0.25, -0.2) is 4.79 Å². The zero-order chi connectivity index (χ0) is 10.3. The van der Waals surface area contributed by atoms with Crippen LogP contribution in [0.25, 0.3) is 0 Å². The minimum Gasteiger partial charge on any atom is -0.479 e. The topological polar surface area (TPSA) is 86.6 Å².